The van der Waals surface area contributed by atoms with Crippen LogP contribution in [0.4, 0.5) is 0 Å². The summed E-state index contributed by atoms with van der Waals surface area (Å²) in [6, 6.07) is 0. The van der Waals surface area contributed by atoms with Crippen molar-refractivity contribution in [3.05, 3.63) is 0 Å². The van der Waals surface area contributed by atoms with E-state index >= 15 is 0 Å². The highest BCUT2D eigenvalue weighted by atomic mass is 16.5. The first-order chi connectivity index (χ1) is 7.81. The molecular weight excluding hydrogens is 202 g/mol. The lowest BCUT2D eigenvalue weighted by atomic mass is 10.4. The molecule has 0 bridgehead atoms. The Morgan fingerprint density at radius 3 is 2.00 bits per heavy atom. The van der Waals surface area contributed by atoms with E-state index in [1.54, 1.807) is 0 Å². The summed E-state index contributed by atoms with van der Waals surface area (Å²) in [4.78, 5) is 11.0. The number of nitrogens with one attached hydrogen (secondary N) is 1. The quantitative estimate of drug-likeness (QED) is 0.685. The smallest absolute Gasteiger partial charge is 0.222 e. The molecule has 0 rings (SSSR count). The summed E-state index contributed by atoms with van der Waals surface area (Å²) in [5.41, 5.74) is 0. The zero-order chi connectivity index (χ0) is 13.2. The predicted molar refractivity (Wildman–Crippen MR) is 71.7 cm³/mol. The van der Waals surface area contributed by atoms with Crippen molar-refractivity contribution in [2.24, 2.45) is 0 Å². The average molecular weight is 233 g/mol. The molecule has 0 saturated heterocycles. The Hall–Kier alpha value is -0.570. The molecule has 0 heterocycles. The lowest BCUT2D eigenvalue weighted by Gasteiger charge is -2.03. The molecule has 0 aromatic rings. The number of rotatable bonds is 7. The van der Waals surface area contributed by atoms with Crippen LogP contribution >= 0.6 is 0 Å². The number of amides is 1. The van der Waals surface area contributed by atoms with E-state index in [1.165, 1.54) is 0 Å². The first kappa shape index (κ1) is 20.8. The van der Waals surface area contributed by atoms with E-state index < -0.39 is 0 Å². The first-order valence-electron chi connectivity index (χ1n) is 6.65. The van der Waals surface area contributed by atoms with Gasteiger partial charge in [0.15, 0.2) is 0 Å². The maximum Gasteiger partial charge on any atom is 0.222 e. The van der Waals surface area contributed by atoms with Crippen molar-refractivity contribution in [2.75, 3.05) is 19.8 Å². The van der Waals surface area contributed by atoms with Crippen molar-refractivity contribution in [3.63, 3.8) is 0 Å². The molecule has 0 atom stereocenters. The zero-order valence-corrected chi connectivity index (χ0v) is 12.1. The Morgan fingerprint density at radius 2 is 1.56 bits per heavy atom. The maximum atomic E-state index is 11.0. The SMILES string of the molecule is CC.CC.CCCNC(=O)CCOCCC. The van der Waals surface area contributed by atoms with Crippen LogP contribution in [0.25, 0.3) is 0 Å². The van der Waals surface area contributed by atoms with Gasteiger partial charge in [-0.05, 0) is 12.8 Å². The lowest BCUT2D eigenvalue weighted by molar-refractivity contribution is -0.122. The highest BCUT2D eigenvalue weighted by Crippen LogP contribution is 1.85. The molecule has 3 heteroatoms. The second-order valence-corrected chi connectivity index (χ2v) is 2.71. The molecule has 1 amide bonds. The predicted octanol–water partition coefficient (Wildman–Crippen LogP) is 3.38. The van der Waals surface area contributed by atoms with Crippen LogP contribution in [0.15, 0.2) is 0 Å². The van der Waals surface area contributed by atoms with Crippen LogP contribution in [0.1, 0.15) is 60.8 Å². The zero-order valence-electron chi connectivity index (χ0n) is 12.1. The summed E-state index contributed by atoms with van der Waals surface area (Å²) in [5, 5.41) is 2.79. The summed E-state index contributed by atoms with van der Waals surface area (Å²) < 4.78 is 5.17. The van der Waals surface area contributed by atoms with Crippen molar-refractivity contribution in [1.29, 1.82) is 0 Å². The molecule has 100 valence electrons. The van der Waals surface area contributed by atoms with Gasteiger partial charge in [-0.15, -0.1) is 0 Å². The number of carbonyl (C=O) groups is 1. The van der Waals surface area contributed by atoms with Crippen molar-refractivity contribution in [2.45, 2.75) is 60.8 Å². The van der Waals surface area contributed by atoms with Gasteiger partial charge in [-0.1, -0.05) is 41.5 Å². The van der Waals surface area contributed by atoms with Crippen LogP contribution in [0.2, 0.25) is 0 Å². The molecule has 3 nitrogen and oxygen atoms in total. The number of hydrogen-bond donors (Lipinski definition) is 1. The molecule has 0 aromatic heterocycles. The summed E-state index contributed by atoms with van der Waals surface area (Å²) >= 11 is 0. The van der Waals surface area contributed by atoms with Crippen LogP contribution in [0, 0.1) is 0 Å². The topological polar surface area (TPSA) is 38.3 Å². The highest BCUT2D eigenvalue weighted by Gasteiger charge is 1.98. The van der Waals surface area contributed by atoms with Gasteiger partial charge in [0, 0.05) is 19.6 Å². The molecule has 0 aliphatic heterocycles. The third-order valence-electron chi connectivity index (χ3n) is 1.39. The summed E-state index contributed by atoms with van der Waals surface area (Å²) in [6.45, 7) is 14.2. The minimum Gasteiger partial charge on any atom is -0.381 e. The van der Waals surface area contributed by atoms with Gasteiger partial charge in [-0.2, -0.15) is 0 Å². The van der Waals surface area contributed by atoms with Gasteiger partial charge < -0.3 is 10.1 Å². The van der Waals surface area contributed by atoms with Crippen molar-refractivity contribution < 1.29 is 9.53 Å². The standard InChI is InChI=1S/C9H19NO2.2C2H6/c1-3-6-10-9(11)5-8-12-7-4-2;2*1-2/h3-8H2,1-2H3,(H,10,11);2*1-2H3. The lowest BCUT2D eigenvalue weighted by Crippen LogP contribution is -2.25. The van der Waals surface area contributed by atoms with E-state index in [-0.39, 0.29) is 5.91 Å². The minimum atomic E-state index is 0.0907. The Labute approximate surface area is 102 Å². The molecule has 0 aromatic carbocycles. The Bertz CT molecular complexity index is 117. The first-order valence-corrected chi connectivity index (χ1v) is 6.65. The summed E-state index contributed by atoms with van der Waals surface area (Å²) in [5.74, 6) is 0.0907. The monoisotopic (exact) mass is 233 g/mol. The maximum absolute atomic E-state index is 11.0. The van der Waals surface area contributed by atoms with Crippen molar-refractivity contribution >= 4 is 5.91 Å². The molecule has 0 saturated carbocycles. The third kappa shape index (κ3) is 23.3. The van der Waals surface area contributed by atoms with Gasteiger partial charge in [0.05, 0.1) is 6.61 Å². The third-order valence-corrected chi connectivity index (χ3v) is 1.39. The van der Waals surface area contributed by atoms with Gasteiger partial charge >= 0.3 is 0 Å². The Kier molecular flexibility index (Phi) is 31.1. The normalized spacial score (nSPS) is 8.12. The average Bonchev–Trinajstić information content (AvgIpc) is 2.37. The fraction of sp³-hybridized carbons (Fsp3) is 0.923. The van der Waals surface area contributed by atoms with Gasteiger partial charge in [0.1, 0.15) is 0 Å². The molecule has 1 N–H and O–H groups in total. The second-order valence-electron chi connectivity index (χ2n) is 2.71. The van der Waals surface area contributed by atoms with Crippen LogP contribution < -0.4 is 5.32 Å². The van der Waals surface area contributed by atoms with Crippen LogP contribution in [0.3, 0.4) is 0 Å². The molecular formula is C13H31NO2. The van der Waals surface area contributed by atoms with E-state index in [1.807, 2.05) is 34.6 Å². The number of hydrogen-bond acceptors (Lipinski definition) is 2. The molecule has 0 spiro atoms. The number of ether oxygens (including phenoxy) is 1. The Balaban J connectivity index is -0.000000376. The molecule has 0 aliphatic carbocycles. The largest absolute Gasteiger partial charge is 0.381 e. The van der Waals surface area contributed by atoms with E-state index in [0.29, 0.717) is 13.0 Å². The van der Waals surface area contributed by atoms with E-state index in [0.717, 1.165) is 26.0 Å². The molecule has 0 fully saturated rings. The van der Waals surface area contributed by atoms with Gasteiger partial charge in [0.2, 0.25) is 5.91 Å². The molecule has 0 radical (unpaired) electrons. The number of carbonyl (C=O) groups excluding carboxylic acids is 1. The second kappa shape index (κ2) is 23.9. The summed E-state index contributed by atoms with van der Waals surface area (Å²) in [6.07, 6.45) is 2.48. The van der Waals surface area contributed by atoms with Crippen LogP contribution in [-0.4, -0.2) is 25.7 Å². The fourth-order valence-corrected chi connectivity index (χ4v) is 0.764. The van der Waals surface area contributed by atoms with Gasteiger partial charge in [-0.3, -0.25) is 4.79 Å². The van der Waals surface area contributed by atoms with Gasteiger partial charge in [0.25, 0.3) is 0 Å². The fourth-order valence-electron chi connectivity index (χ4n) is 0.764. The minimum absolute atomic E-state index is 0.0907. The molecule has 0 aliphatic rings. The van der Waals surface area contributed by atoms with Crippen molar-refractivity contribution in [3.8, 4) is 0 Å². The highest BCUT2D eigenvalue weighted by molar-refractivity contribution is 5.75. The van der Waals surface area contributed by atoms with Crippen LogP contribution in [-0.2, 0) is 9.53 Å². The van der Waals surface area contributed by atoms with Crippen molar-refractivity contribution in [1.82, 2.24) is 5.32 Å². The van der Waals surface area contributed by atoms with Crippen LogP contribution in [0.5, 0.6) is 0 Å². The molecule has 16 heavy (non-hydrogen) atoms. The Morgan fingerprint density at radius 1 is 1.00 bits per heavy atom. The van der Waals surface area contributed by atoms with E-state index in [9.17, 15) is 4.79 Å². The van der Waals surface area contributed by atoms with E-state index in [2.05, 4.69) is 12.2 Å². The summed E-state index contributed by atoms with van der Waals surface area (Å²) in [7, 11) is 0. The van der Waals surface area contributed by atoms with E-state index in [4.69, 9.17) is 4.74 Å². The molecule has 0 unspecified atom stereocenters. The van der Waals surface area contributed by atoms with Gasteiger partial charge in [-0.25, -0.2) is 0 Å².